The van der Waals surface area contributed by atoms with Gasteiger partial charge in [0.2, 0.25) is 17.7 Å². The molecule has 1 aromatic carbocycles. The number of nitrogens with one attached hydrogen (secondary N) is 2. The van der Waals surface area contributed by atoms with Crippen LogP contribution in [0.3, 0.4) is 0 Å². The van der Waals surface area contributed by atoms with Crippen LogP contribution < -0.4 is 16.4 Å². The molecule has 4 N–H and O–H groups in total. The molecule has 10 heteroatoms. The fourth-order valence-electron chi connectivity index (χ4n) is 2.12. The molecular weight excluding hydrogens is 326 g/mol. The van der Waals surface area contributed by atoms with E-state index in [0.29, 0.717) is 5.69 Å². The van der Waals surface area contributed by atoms with Gasteiger partial charge in [-0.3, -0.25) is 19.7 Å². The van der Waals surface area contributed by atoms with Gasteiger partial charge in [0, 0.05) is 12.6 Å². The molecule has 3 amide bonds. The number of aromatic nitrogens is 4. The Kier molecular flexibility index (Phi) is 4.08. The number of hydrogen-bond donors (Lipinski definition) is 3. The van der Waals surface area contributed by atoms with Crippen molar-refractivity contribution in [3.8, 4) is 0 Å². The highest BCUT2D eigenvalue weighted by Crippen LogP contribution is 2.15. The molecule has 0 atom stereocenters. The van der Waals surface area contributed by atoms with Crippen LogP contribution >= 0.6 is 0 Å². The van der Waals surface area contributed by atoms with Crippen LogP contribution in [0.15, 0.2) is 36.5 Å². The van der Waals surface area contributed by atoms with Crippen LogP contribution in [0.25, 0.3) is 5.52 Å². The molecule has 2 heterocycles. The standard InChI is InChI=1S/C15H13N7O3/c1-8(23)18-15-20-11(12(16)24)10-7-17-13(21-22(10)15)14(25)19-9-5-3-2-4-6-9/h2-7H,1H3,(H2,16,24)(H,19,25)(H,18,20,23). The Morgan fingerprint density at radius 2 is 1.84 bits per heavy atom. The minimum Gasteiger partial charge on any atom is -0.364 e. The van der Waals surface area contributed by atoms with Gasteiger partial charge in [-0.25, -0.2) is 9.97 Å². The van der Waals surface area contributed by atoms with E-state index in [9.17, 15) is 14.4 Å². The smallest absolute Gasteiger partial charge is 0.295 e. The van der Waals surface area contributed by atoms with Crippen molar-refractivity contribution in [2.24, 2.45) is 5.73 Å². The summed E-state index contributed by atoms with van der Waals surface area (Å²) in [5.41, 5.74) is 5.89. The van der Waals surface area contributed by atoms with Gasteiger partial charge in [0.05, 0.1) is 6.20 Å². The quantitative estimate of drug-likeness (QED) is 0.629. The molecule has 0 aliphatic heterocycles. The van der Waals surface area contributed by atoms with Crippen molar-refractivity contribution in [2.45, 2.75) is 6.92 Å². The molecule has 0 aliphatic carbocycles. The van der Waals surface area contributed by atoms with Crippen LogP contribution in [0.4, 0.5) is 11.6 Å². The number of amides is 3. The fourth-order valence-corrected chi connectivity index (χ4v) is 2.12. The number of primary amides is 1. The maximum atomic E-state index is 12.3. The van der Waals surface area contributed by atoms with E-state index in [1.807, 2.05) is 6.07 Å². The van der Waals surface area contributed by atoms with E-state index < -0.39 is 17.7 Å². The molecule has 2 aromatic heterocycles. The number of nitrogens with zero attached hydrogens (tertiary/aromatic N) is 4. The van der Waals surface area contributed by atoms with Gasteiger partial charge in [0.15, 0.2) is 5.69 Å². The summed E-state index contributed by atoms with van der Waals surface area (Å²) in [6.45, 7) is 1.27. The van der Waals surface area contributed by atoms with Crippen molar-refractivity contribution in [3.05, 3.63) is 48.0 Å². The molecular formula is C15H13N7O3. The van der Waals surface area contributed by atoms with Crippen LogP contribution in [-0.4, -0.2) is 37.3 Å². The van der Waals surface area contributed by atoms with Crippen molar-refractivity contribution < 1.29 is 14.4 Å². The Balaban J connectivity index is 2.01. The summed E-state index contributed by atoms with van der Waals surface area (Å²) in [4.78, 5) is 42.9. The summed E-state index contributed by atoms with van der Waals surface area (Å²) in [7, 11) is 0. The molecule has 126 valence electrons. The van der Waals surface area contributed by atoms with Crippen molar-refractivity contribution in [2.75, 3.05) is 10.6 Å². The van der Waals surface area contributed by atoms with Gasteiger partial charge >= 0.3 is 0 Å². The zero-order valence-electron chi connectivity index (χ0n) is 13.1. The van der Waals surface area contributed by atoms with E-state index in [4.69, 9.17) is 5.73 Å². The number of nitrogens with two attached hydrogens (primary N) is 1. The number of hydrogen-bond acceptors (Lipinski definition) is 6. The number of para-hydroxylation sites is 1. The van der Waals surface area contributed by atoms with E-state index in [-0.39, 0.29) is 23.0 Å². The van der Waals surface area contributed by atoms with Crippen molar-refractivity contribution in [3.63, 3.8) is 0 Å². The summed E-state index contributed by atoms with van der Waals surface area (Å²) in [6, 6.07) is 8.77. The van der Waals surface area contributed by atoms with Gasteiger partial charge in [0.1, 0.15) is 5.52 Å². The maximum absolute atomic E-state index is 12.3. The first kappa shape index (κ1) is 16.1. The van der Waals surface area contributed by atoms with E-state index in [1.165, 1.54) is 13.1 Å². The van der Waals surface area contributed by atoms with Crippen LogP contribution in [0.2, 0.25) is 0 Å². The maximum Gasteiger partial charge on any atom is 0.295 e. The van der Waals surface area contributed by atoms with Gasteiger partial charge in [0.25, 0.3) is 11.8 Å². The van der Waals surface area contributed by atoms with Crippen molar-refractivity contribution >= 4 is 34.9 Å². The molecule has 0 spiro atoms. The van der Waals surface area contributed by atoms with Crippen LogP contribution in [-0.2, 0) is 4.79 Å². The highest BCUT2D eigenvalue weighted by molar-refractivity contribution is 6.02. The zero-order valence-corrected chi connectivity index (χ0v) is 13.1. The Labute approximate surface area is 141 Å². The van der Waals surface area contributed by atoms with Crippen LogP contribution in [0, 0.1) is 0 Å². The third-order valence-corrected chi connectivity index (χ3v) is 3.15. The average molecular weight is 339 g/mol. The van der Waals surface area contributed by atoms with Crippen LogP contribution in [0.1, 0.15) is 28.0 Å². The van der Waals surface area contributed by atoms with E-state index >= 15 is 0 Å². The first-order chi connectivity index (χ1) is 12.0. The monoisotopic (exact) mass is 339 g/mol. The Hall–Kier alpha value is -3.82. The molecule has 10 nitrogen and oxygen atoms in total. The lowest BCUT2D eigenvalue weighted by Crippen LogP contribution is -2.18. The number of fused-ring (bicyclic) bond motifs is 1. The minimum atomic E-state index is -0.806. The first-order valence-corrected chi connectivity index (χ1v) is 7.15. The number of anilines is 2. The number of rotatable bonds is 4. The fraction of sp³-hybridized carbons (Fsp3) is 0.0667. The highest BCUT2D eigenvalue weighted by Gasteiger charge is 2.20. The normalized spacial score (nSPS) is 10.4. The molecule has 3 aromatic rings. The van der Waals surface area contributed by atoms with Crippen molar-refractivity contribution in [1.82, 2.24) is 19.6 Å². The SMILES string of the molecule is CC(=O)Nc1nc(C(N)=O)c2cnc(C(=O)Nc3ccccc3)nn12. The Morgan fingerprint density at radius 3 is 2.48 bits per heavy atom. The second-order valence-corrected chi connectivity index (χ2v) is 5.03. The molecule has 0 fully saturated rings. The lowest BCUT2D eigenvalue weighted by Gasteiger charge is -2.05. The third-order valence-electron chi connectivity index (χ3n) is 3.15. The predicted octanol–water partition coefficient (Wildman–Crippen LogP) is 0.434. The third kappa shape index (κ3) is 3.27. The van der Waals surface area contributed by atoms with Crippen LogP contribution in [0.5, 0.6) is 0 Å². The Morgan fingerprint density at radius 1 is 1.12 bits per heavy atom. The Bertz CT molecular complexity index is 981. The summed E-state index contributed by atoms with van der Waals surface area (Å²) < 4.78 is 1.13. The second kappa shape index (κ2) is 6.35. The number of imidazole rings is 1. The molecule has 25 heavy (non-hydrogen) atoms. The molecule has 0 unspecified atom stereocenters. The number of carbonyl (C=O) groups excluding carboxylic acids is 3. The van der Waals surface area contributed by atoms with Gasteiger partial charge in [-0.2, -0.15) is 4.52 Å². The molecule has 0 bridgehead atoms. The van der Waals surface area contributed by atoms with Gasteiger partial charge < -0.3 is 11.1 Å². The minimum absolute atomic E-state index is 0.0348. The summed E-state index contributed by atoms with van der Waals surface area (Å²) in [6.07, 6.45) is 1.24. The van der Waals surface area contributed by atoms with Gasteiger partial charge in [-0.15, -0.1) is 5.10 Å². The lowest BCUT2D eigenvalue weighted by atomic mass is 10.3. The predicted molar refractivity (Wildman–Crippen MR) is 88.0 cm³/mol. The molecule has 0 saturated carbocycles. The summed E-state index contributed by atoms with van der Waals surface area (Å²) >= 11 is 0. The first-order valence-electron chi connectivity index (χ1n) is 7.15. The summed E-state index contributed by atoms with van der Waals surface area (Å²) in [5.74, 6) is -1.99. The zero-order chi connectivity index (χ0) is 18.0. The largest absolute Gasteiger partial charge is 0.364 e. The highest BCUT2D eigenvalue weighted by atomic mass is 16.2. The lowest BCUT2D eigenvalue weighted by molar-refractivity contribution is -0.114. The van der Waals surface area contributed by atoms with E-state index in [0.717, 1.165) is 4.52 Å². The average Bonchev–Trinajstić information content (AvgIpc) is 2.93. The molecule has 0 saturated heterocycles. The van der Waals surface area contributed by atoms with E-state index in [2.05, 4.69) is 25.7 Å². The van der Waals surface area contributed by atoms with Gasteiger partial charge in [-0.05, 0) is 12.1 Å². The van der Waals surface area contributed by atoms with E-state index in [1.54, 1.807) is 24.3 Å². The number of carbonyl (C=O) groups is 3. The van der Waals surface area contributed by atoms with Crippen molar-refractivity contribution in [1.29, 1.82) is 0 Å². The number of benzene rings is 1. The summed E-state index contributed by atoms with van der Waals surface area (Å²) in [5, 5.41) is 9.09. The molecule has 0 aliphatic rings. The second-order valence-electron chi connectivity index (χ2n) is 5.03. The van der Waals surface area contributed by atoms with Gasteiger partial charge in [-0.1, -0.05) is 18.2 Å². The molecule has 3 rings (SSSR count). The molecule has 0 radical (unpaired) electrons. The topological polar surface area (TPSA) is 144 Å².